The molecule has 7 nitrogen and oxygen atoms in total. The van der Waals surface area contributed by atoms with Gasteiger partial charge in [0.2, 0.25) is 0 Å². The van der Waals surface area contributed by atoms with Crippen molar-refractivity contribution in [3.05, 3.63) is 131 Å². The Morgan fingerprint density at radius 2 is 1.56 bits per heavy atom. The van der Waals surface area contributed by atoms with E-state index in [2.05, 4.69) is 51.1 Å². The molecule has 2 amide bonds. The van der Waals surface area contributed by atoms with Gasteiger partial charge < -0.3 is 10.1 Å². The number of hydrogen-bond donors (Lipinski definition) is 2. The van der Waals surface area contributed by atoms with Crippen molar-refractivity contribution in [3.8, 4) is 5.75 Å². The van der Waals surface area contributed by atoms with Crippen LogP contribution in [-0.2, 0) is 17.8 Å². The van der Waals surface area contributed by atoms with Crippen LogP contribution in [0, 0.1) is 11.7 Å². The van der Waals surface area contributed by atoms with Gasteiger partial charge in [0, 0.05) is 17.8 Å². The molecular formula is C35H35FN4O3. The summed E-state index contributed by atoms with van der Waals surface area (Å²) in [5, 5.41) is 6.70. The van der Waals surface area contributed by atoms with Crippen LogP contribution in [-0.4, -0.2) is 42.6 Å². The second-order valence-electron chi connectivity index (χ2n) is 10.7. The lowest BCUT2D eigenvalue weighted by Crippen LogP contribution is -2.33. The van der Waals surface area contributed by atoms with Crippen LogP contribution in [0.2, 0.25) is 0 Å². The maximum atomic E-state index is 13.0. The molecule has 0 aromatic heterocycles. The van der Waals surface area contributed by atoms with E-state index in [4.69, 9.17) is 4.74 Å². The summed E-state index contributed by atoms with van der Waals surface area (Å²) in [7, 11) is 0. The van der Waals surface area contributed by atoms with E-state index in [0.717, 1.165) is 37.5 Å². The third-order valence-corrected chi connectivity index (χ3v) is 7.45. The molecule has 0 spiro atoms. The summed E-state index contributed by atoms with van der Waals surface area (Å²) in [4.78, 5) is 27.1. The summed E-state index contributed by atoms with van der Waals surface area (Å²) in [5.41, 5.74) is 6.97. The van der Waals surface area contributed by atoms with Gasteiger partial charge >= 0.3 is 0 Å². The first-order valence-electron chi connectivity index (χ1n) is 14.5. The minimum atomic E-state index is -0.372. The summed E-state index contributed by atoms with van der Waals surface area (Å²) in [6.07, 6.45) is 5.11. The topological polar surface area (TPSA) is 83.0 Å². The molecule has 43 heavy (non-hydrogen) atoms. The molecule has 1 fully saturated rings. The average molecular weight is 579 g/mol. The van der Waals surface area contributed by atoms with E-state index >= 15 is 0 Å². The predicted molar refractivity (Wildman–Crippen MR) is 167 cm³/mol. The number of hydrazone groups is 1. The molecule has 0 aliphatic carbocycles. The highest BCUT2D eigenvalue weighted by atomic mass is 19.1. The van der Waals surface area contributed by atoms with Crippen molar-refractivity contribution in [2.75, 3.05) is 25.0 Å². The van der Waals surface area contributed by atoms with Gasteiger partial charge in [0.1, 0.15) is 11.6 Å². The number of hydrogen-bond acceptors (Lipinski definition) is 5. The first-order chi connectivity index (χ1) is 21.0. The monoisotopic (exact) mass is 578 g/mol. The van der Waals surface area contributed by atoms with Crippen molar-refractivity contribution in [2.45, 2.75) is 25.8 Å². The van der Waals surface area contributed by atoms with E-state index in [1.807, 2.05) is 24.3 Å². The molecule has 5 rings (SSSR count). The molecule has 0 unspecified atom stereocenters. The van der Waals surface area contributed by atoms with Crippen LogP contribution in [0.4, 0.5) is 10.1 Å². The minimum absolute atomic E-state index is 0.188. The number of ether oxygens (including phenoxy) is 1. The molecule has 1 aliphatic heterocycles. The fourth-order valence-corrected chi connectivity index (χ4v) is 5.08. The van der Waals surface area contributed by atoms with Crippen LogP contribution >= 0.6 is 0 Å². The van der Waals surface area contributed by atoms with Gasteiger partial charge in [0.05, 0.1) is 6.21 Å². The zero-order chi connectivity index (χ0) is 29.9. The quantitative estimate of drug-likeness (QED) is 0.167. The Kier molecular flexibility index (Phi) is 10.3. The van der Waals surface area contributed by atoms with E-state index in [-0.39, 0.29) is 24.2 Å². The molecule has 0 radical (unpaired) electrons. The molecule has 4 aromatic rings. The van der Waals surface area contributed by atoms with Crippen molar-refractivity contribution in [1.29, 1.82) is 0 Å². The number of carbonyl (C=O) groups is 2. The molecule has 1 heterocycles. The molecule has 0 bridgehead atoms. The van der Waals surface area contributed by atoms with Gasteiger partial charge in [-0.15, -0.1) is 0 Å². The largest absolute Gasteiger partial charge is 0.484 e. The van der Waals surface area contributed by atoms with E-state index < -0.39 is 0 Å². The second-order valence-corrected chi connectivity index (χ2v) is 10.7. The first-order valence-corrected chi connectivity index (χ1v) is 14.5. The molecule has 4 aromatic carbocycles. The van der Waals surface area contributed by atoms with Crippen molar-refractivity contribution < 1.29 is 18.7 Å². The van der Waals surface area contributed by atoms with Crippen LogP contribution in [0.25, 0.3) is 0 Å². The average Bonchev–Trinajstić information content (AvgIpc) is 3.03. The van der Waals surface area contributed by atoms with Gasteiger partial charge in [-0.05, 0) is 116 Å². The molecule has 220 valence electrons. The summed E-state index contributed by atoms with van der Waals surface area (Å²) in [5.74, 6) is 0.240. The van der Waals surface area contributed by atoms with Crippen LogP contribution < -0.4 is 15.5 Å². The Labute approximate surface area is 251 Å². The van der Waals surface area contributed by atoms with Gasteiger partial charge in [0.25, 0.3) is 11.8 Å². The Bertz CT molecular complexity index is 1500. The van der Waals surface area contributed by atoms with E-state index in [1.165, 1.54) is 48.2 Å². The zero-order valence-electron chi connectivity index (χ0n) is 23.9. The smallest absolute Gasteiger partial charge is 0.271 e. The lowest BCUT2D eigenvalue weighted by atomic mass is 9.90. The number of halogens is 1. The number of rotatable bonds is 11. The second kappa shape index (κ2) is 14.9. The number of benzene rings is 4. The number of amides is 2. The number of likely N-dealkylation sites (tertiary alicyclic amines) is 1. The summed E-state index contributed by atoms with van der Waals surface area (Å²) in [6, 6.07) is 30.9. The highest BCUT2D eigenvalue weighted by molar-refractivity contribution is 5.95. The summed E-state index contributed by atoms with van der Waals surface area (Å²) >= 11 is 0. The fourth-order valence-electron chi connectivity index (χ4n) is 5.08. The van der Waals surface area contributed by atoms with Crippen molar-refractivity contribution in [3.63, 3.8) is 0 Å². The van der Waals surface area contributed by atoms with Crippen LogP contribution in [0.15, 0.2) is 108 Å². The van der Waals surface area contributed by atoms with Gasteiger partial charge in [-0.1, -0.05) is 42.5 Å². The van der Waals surface area contributed by atoms with Crippen molar-refractivity contribution in [2.24, 2.45) is 11.0 Å². The normalized spacial score (nSPS) is 14.0. The molecule has 0 atom stereocenters. The Balaban J connectivity index is 1.01. The summed E-state index contributed by atoms with van der Waals surface area (Å²) < 4.78 is 18.5. The molecule has 2 N–H and O–H groups in total. The molecule has 1 saturated heterocycles. The van der Waals surface area contributed by atoms with Crippen LogP contribution in [0.3, 0.4) is 0 Å². The maximum Gasteiger partial charge on any atom is 0.271 e. The lowest BCUT2D eigenvalue weighted by molar-refractivity contribution is -0.118. The Morgan fingerprint density at radius 1 is 0.860 bits per heavy atom. The minimum Gasteiger partial charge on any atom is -0.484 e. The molecular weight excluding hydrogens is 543 g/mol. The highest BCUT2D eigenvalue weighted by Gasteiger charge is 2.19. The van der Waals surface area contributed by atoms with Gasteiger partial charge in [-0.25, -0.2) is 9.82 Å². The molecule has 1 aliphatic rings. The third-order valence-electron chi connectivity index (χ3n) is 7.45. The summed E-state index contributed by atoms with van der Waals surface area (Å²) in [6.45, 7) is 2.88. The van der Waals surface area contributed by atoms with E-state index in [0.29, 0.717) is 17.0 Å². The number of nitrogens with one attached hydrogen (secondary N) is 2. The van der Waals surface area contributed by atoms with E-state index in [9.17, 15) is 14.0 Å². The van der Waals surface area contributed by atoms with E-state index in [1.54, 1.807) is 30.5 Å². The standard InChI is InChI=1S/C35H35FN4O3/c36-31-12-14-32(15-13-31)38-34(41)25-43-33-16-8-28(9-17-33)23-37-39-35(42)30-10-6-29(7-11-30)24-40-20-18-27(19-21-40)22-26-4-2-1-3-5-26/h1-17,23,27H,18-22,24-25H2,(H,38,41)(H,39,42)/b37-23-. The first kappa shape index (κ1) is 29.7. The highest BCUT2D eigenvalue weighted by Crippen LogP contribution is 2.23. The van der Waals surface area contributed by atoms with Gasteiger partial charge in [-0.2, -0.15) is 5.10 Å². The van der Waals surface area contributed by atoms with Crippen LogP contribution in [0.5, 0.6) is 5.75 Å². The Hall–Kier alpha value is -4.82. The lowest BCUT2D eigenvalue weighted by Gasteiger charge is -2.32. The SMILES string of the molecule is O=C(COc1ccc(/C=N\NC(=O)c2ccc(CN3CCC(Cc4ccccc4)CC3)cc2)cc1)Nc1ccc(F)cc1. The molecule has 8 heteroatoms. The number of anilines is 1. The predicted octanol–water partition coefficient (Wildman–Crippen LogP) is 6.06. The Morgan fingerprint density at radius 3 is 2.26 bits per heavy atom. The maximum absolute atomic E-state index is 13.0. The number of piperidine rings is 1. The van der Waals surface area contributed by atoms with Crippen LogP contribution in [0.1, 0.15) is 39.9 Å². The van der Waals surface area contributed by atoms with Gasteiger partial charge in [-0.3, -0.25) is 14.5 Å². The van der Waals surface area contributed by atoms with Crippen molar-refractivity contribution in [1.82, 2.24) is 10.3 Å². The number of nitrogens with zero attached hydrogens (tertiary/aromatic N) is 2. The number of carbonyl (C=O) groups excluding carboxylic acids is 2. The molecule has 0 saturated carbocycles. The fraction of sp³-hybridized carbons (Fsp3) is 0.229. The third kappa shape index (κ3) is 9.34. The zero-order valence-corrected chi connectivity index (χ0v) is 23.9. The van der Waals surface area contributed by atoms with Gasteiger partial charge in [0.15, 0.2) is 6.61 Å². The van der Waals surface area contributed by atoms with Crippen molar-refractivity contribution >= 4 is 23.7 Å².